The quantitative estimate of drug-likeness (QED) is 0.401. The molecule has 2 N–H and O–H groups in total. The molecule has 182 valence electrons. The van der Waals surface area contributed by atoms with Gasteiger partial charge in [-0.15, -0.1) is 0 Å². The van der Waals surface area contributed by atoms with Crippen molar-refractivity contribution < 1.29 is 18.7 Å². The third-order valence-electron chi connectivity index (χ3n) is 6.75. The number of fused-ring (bicyclic) bond motifs is 1. The SMILES string of the molecule is CC(=O)N(Nc1ccc(NC(=O)C2CCCC2)cc1)c1ccc(COc2ccc3c(c2)CCC3)o1. The Balaban J connectivity index is 1.19. The van der Waals surface area contributed by atoms with Crippen LogP contribution >= 0.6 is 0 Å². The highest BCUT2D eigenvalue weighted by Crippen LogP contribution is 2.28. The first kappa shape index (κ1) is 23.0. The maximum atomic E-state index is 12.3. The summed E-state index contributed by atoms with van der Waals surface area (Å²) in [5.74, 6) is 1.80. The van der Waals surface area contributed by atoms with Crippen molar-refractivity contribution in [1.82, 2.24) is 0 Å². The number of hydrogen-bond acceptors (Lipinski definition) is 5. The van der Waals surface area contributed by atoms with Gasteiger partial charge in [0.15, 0.2) is 0 Å². The Kier molecular flexibility index (Phi) is 6.75. The Bertz CT molecular complexity index is 1200. The molecular formula is C28H31N3O4. The number of amides is 2. The molecule has 0 bridgehead atoms. The van der Waals surface area contributed by atoms with E-state index >= 15 is 0 Å². The van der Waals surface area contributed by atoms with Gasteiger partial charge in [-0.05, 0) is 85.7 Å². The number of rotatable bonds is 8. The molecule has 3 aromatic rings. The first-order valence-electron chi connectivity index (χ1n) is 12.4. The molecule has 1 saturated carbocycles. The largest absolute Gasteiger partial charge is 0.486 e. The lowest BCUT2D eigenvalue weighted by atomic mass is 10.1. The van der Waals surface area contributed by atoms with E-state index in [1.54, 1.807) is 6.07 Å². The first-order valence-corrected chi connectivity index (χ1v) is 12.4. The number of benzene rings is 2. The average Bonchev–Trinajstić information content (AvgIpc) is 3.63. The predicted octanol–water partition coefficient (Wildman–Crippen LogP) is 5.86. The molecule has 0 spiro atoms. The van der Waals surface area contributed by atoms with Gasteiger partial charge < -0.3 is 14.5 Å². The Hall–Kier alpha value is -3.74. The summed E-state index contributed by atoms with van der Waals surface area (Å²) in [5.41, 5.74) is 7.29. The van der Waals surface area contributed by atoms with Gasteiger partial charge in [-0.2, -0.15) is 5.01 Å². The van der Waals surface area contributed by atoms with E-state index < -0.39 is 0 Å². The van der Waals surface area contributed by atoms with E-state index in [2.05, 4.69) is 22.9 Å². The highest BCUT2D eigenvalue weighted by atomic mass is 16.5. The molecule has 1 heterocycles. The van der Waals surface area contributed by atoms with E-state index in [0.717, 1.165) is 50.0 Å². The summed E-state index contributed by atoms with van der Waals surface area (Å²) in [6.45, 7) is 1.74. The van der Waals surface area contributed by atoms with Gasteiger partial charge in [0.05, 0.1) is 5.69 Å². The summed E-state index contributed by atoms with van der Waals surface area (Å²) in [5, 5.41) is 4.34. The van der Waals surface area contributed by atoms with E-state index in [-0.39, 0.29) is 24.3 Å². The van der Waals surface area contributed by atoms with Crippen LogP contribution in [0.4, 0.5) is 17.3 Å². The zero-order chi connectivity index (χ0) is 24.2. The minimum absolute atomic E-state index is 0.0822. The molecule has 7 heteroatoms. The number of aryl methyl sites for hydroxylation is 2. The van der Waals surface area contributed by atoms with Gasteiger partial charge in [0.2, 0.25) is 17.7 Å². The summed E-state index contributed by atoms with van der Waals surface area (Å²) >= 11 is 0. The fourth-order valence-electron chi connectivity index (χ4n) is 4.84. The Morgan fingerprint density at radius 2 is 1.69 bits per heavy atom. The molecule has 2 aromatic carbocycles. The monoisotopic (exact) mass is 473 g/mol. The average molecular weight is 474 g/mol. The van der Waals surface area contributed by atoms with Crippen molar-refractivity contribution in [3.63, 3.8) is 0 Å². The zero-order valence-corrected chi connectivity index (χ0v) is 20.0. The van der Waals surface area contributed by atoms with Gasteiger partial charge in [-0.1, -0.05) is 18.9 Å². The van der Waals surface area contributed by atoms with Gasteiger partial charge >= 0.3 is 0 Å². The summed E-state index contributed by atoms with van der Waals surface area (Å²) in [6.07, 6.45) is 7.61. The molecule has 35 heavy (non-hydrogen) atoms. The number of hydrogen-bond donors (Lipinski definition) is 2. The maximum absolute atomic E-state index is 12.3. The van der Waals surface area contributed by atoms with Crippen LogP contribution in [0.1, 0.15) is 55.9 Å². The molecule has 1 aromatic heterocycles. The van der Waals surface area contributed by atoms with Crippen LogP contribution in [-0.2, 0) is 29.0 Å². The van der Waals surface area contributed by atoms with E-state index in [1.807, 2.05) is 36.4 Å². The second-order valence-electron chi connectivity index (χ2n) is 9.33. The molecule has 0 atom stereocenters. The van der Waals surface area contributed by atoms with Gasteiger partial charge in [0.1, 0.15) is 18.1 Å². The number of hydrazine groups is 1. The van der Waals surface area contributed by atoms with Crippen molar-refractivity contribution in [1.29, 1.82) is 0 Å². The molecule has 0 radical (unpaired) electrons. The minimum Gasteiger partial charge on any atom is -0.486 e. The first-order chi connectivity index (χ1) is 17.0. The molecule has 7 nitrogen and oxygen atoms in total. The van der Waals surface area contributed by atoms with Gasteiger partial charge in [0, 0.05) is 24.6 Å². The van der Waals surface area contributed by atoms with E-state index in [0.29, 0.717) is 17.3 Å². The second-order valence-corrected chi connectivity index (χ2v) is 9.33. The number of carbonyl (C=O) groups is 2. The van der Waals surface area contributed by atoms with Crippen LogP contribution in [0.15, 0.2) is 59.0 Å². The number of ether oxygens (including phenoxy) is 1. The van der Waals surface area contributed by atoms with Crippen LogP contribution in [-0.4, -0.2) is 11.8 Å². The minimum atomic E-state index is -0.218. The van der Waals surface area contributed by atoms with Crippen LogP contribution in [0.2, 0.25) is 0 Å². The van der Waals surface area contributed by atoms with Crippen LogP contribution < -0.4 is 20.5 Å². The smallest absolute Gasteiger partial charge is 0.245 e. The van der Waals surface area contributed by atoms with Crippen molar-refractivity contribution in [2.24, 2.45) is 5.92 Å². The number of carbonyl (C=O) groups excluding carboxylic acids is 2. The van der Waals surface area contributed by atoms with Crippen molar-refractivity contribution >= 4 is 29.1 Å². The number of nitrogens with zero attached hydrogens (tertiary/aromatic N) is 1. The fourth-order valence-corrected chi connectivity index (χ4v) is 4.84. The van der Waals surface area contributed by atoms with E-state index in [4.69, 9.17) is 9.15 Å². The van der Waals surface area contributed by atoms with E-state index in [9.17, 15) is 9.59 Å². The molecule has 0 aliphatic heterocycles. The lowest BCUT2D eigenvalue weighted by Crippen LogP contribution is -2.34. The van der Waals surface area contributed by atoms with Crippen LogP contribution in [0.3, 0.4) is 0 Å². The lowest BCUT2D eigenvalue weighted by molar-refractivity contribution is -0.119. The van der Waals surface area contributed by atoms with Gasteiger partial charge in [-0.3, -0.25) is 15.0 Å². The summed E-state index contributed by atoms with van der Waals surface area (Å²) in [7, 11) is 0. The molecule has 0 saturated heterocycles. The van der Waals surface area contributed by atoms with Crippen molar-refractivity contribution in [2.45, 2.75) is 58.5 Å². The predicted molar refractivity (Wildman–Crippen MR) is 135 cm³/mol. The topological polar surface area (TPSA) is 83.8 Å². The summed E-state index contributed by atoms with van der Waals surface area (Å²) in [6, 6.07) is 17.1. The number of anilines is 3. The molecule has 5 rings (SSSR count). The number of furan rings is 1. The molecule has 2 aliphatic carbocycles. The normalized spacial score (nSPS) is 15.0. The highest BCUT2D eigenvalue weighted by molar-refractivity contribution is 5.93. The van der Waals surface area contributed by atoms with Crippen molar-refractivity contribution in [3.05, 3.63) is 71.5 Å². The van der Waals surface area contributed by atoms with Gasteiger partial charge in [0.25, 0.3) is 0 Å². The Morgan fingerprint density at radius 3 is 2.46 bits per heavy atom. The number of nitrogens with one attached hydrogen (secondary N) is 2. The second kappa shape index (κ2) is 10.3. The Labute approximate surface area is 205 Å². The maximum Gasteiger partial charge on any atom is 0.245 e. The molecular weight excluding hydrogens is 442 g/mol. The van der Waals surface area contributed by atoms with E-state index in [1.165, 1.54) is 29.5 Å². The van der Waals surface area contributed by atoms with Crippen LogP contribution in [0.5, 0.6) is 5.75 Å². The Morgan fingerprint density at radius 1 is 0.943 bits per heavy atom. The molecule has 0 unspecified atom stereocenters. The van der Waals surface area contributed by atoms with Crippen LogP contribution in [0.25, 0.3) is 0 Å². The molecule has 2 amide bonds. The molecule has 1 fully saturated rings. The standard InChI is InChI=1S/C28H31N3O4/c1-19(32)31(30-24-12-10-23(11-13-24)29-28(33)21-5-2-3-6-21)27-16-15-26(35-27)18-34-25-14-9-20-7-4-8-22(20)17-25/h9-17,21,30H,2-8,18H2,1H3,(H,29,33). The summed E-state index contributed by atoms with van der Waals surface area (Å²) < 4.78 is 11.8. The van der Waals surface area contributed by atoms with Gasteiger partial charge in [-0.25, -0.2) is 0 Å². The highest BCUT2D eigenvalue weighted by Gasteiger charge is 2.22. The third kappa shape index (κ3) is 5.50. The van der Waals surface area contributed by atoms with Crippen molar-refractivity contribution in [2.75, 3.05) is 15.8 Å². The zero-order valence-electron chi connectivity index (χ0n) is 20.0. The van der Waals surface area contributed by atoms with Crippen LogP contribution in [0, 0.1) is 5.92 Å². The lowest BCUT2D eigenvalue weighted by Gasteiger charge is -2.20. The van der Waals surface area contributed by atoms with Crippen molar-refractivity contribution in [3.8, 4) is 5.75 Å². The third-order valence-corrected chi connectivity index (χ3v) is 6.75. The molecule has 2 aliphatic rings. The fraction of sp³-hybridized carbons (Fsp3) is 0.357. The summed E-state index contributed by atoms with van der Waals surface area (Å²) in [4.78, 5) is 24.7.